The fourth-order valence-corrected chi connectivity index (χ4v) is 2.04. The van der Waals surface area contributed by atoms with E-state index in [0.717, 1.165) is 10.9 Å². The lowest BCUT2D eigenvalue weighted by Crippen LogP contribution is -2.40. The van der Waals surface area contributed by atoms with Gasteiger partial charge in [-0.2, -0.15) is 0 Å². The first-order valence-corrected chi connectivity index (χ1v) is 6.79. The van der Waals surface area contributed by atoms with Crippen molar-refractivity contribution in [2.24, 2.45) is 5.92 Å². The van der Waals surface area contributed by atoms with Crippen LogP contribution in [0.25, 0.3) is 0 Å². The number of benzene rings is 1. The monoisotopic (exact) mass is 293 g/mol. The number of hydrogen-bond acceptors (Lipinski definition) is 1. The minimum Gasteiger partial charge on any atom is -0.301 e. The second kappa shape index (κ2) is 6.83. The molecule has 0 saturated carbocycles. The maximum atomic E-state index is 5.52. The Bertz CT molecular complexity index is 375. The molecule has 1 aromatic rings. The molecule has 1 N–H and O–H groups in total. The summed E-state index contributed by atoms with van der Waals surface area (Å²) >= 11 is 3.44. The van der Waals surface area contributed by atoms with E-state index in [4.69, 9.17) is 6.42 Å². The Morgan fingerprint density at radius 2 is 1.82 bits per heavy atom. The summed E-state index contributed by atoms with van der Waals surface area (Å²) in [5.41, 5.74) is 1.33. The van der Waals surface area contributed by atoms with Crippen LogP contribution < -0.4 is 5.32 Å². The Morgan fingerprint density at radius 1 is 1.24 bits per heavy atom. The highest BCUT2D eigenvalue weighted by Crippen LogP contribution is 2.12. The molecule has 0 bridgehead atoms. The number of halogens is 1. The van der Waals surface area contributed by atoms with Crippen LogP contribution in [0.2, 0.25) is 0 Å². The molecule has 0 aliphatic rings. The standard InChI is InChI=1S/C15H20BrN/c1-5-15(11(2)3)17-12(4)10-13-6-8-14(16)9-7-13/h1,6-9,11-12,15,17H,10H2,2-4H3. The summed E-state index contributed by atoms with van der Waals surface area (Å²) in [6, 6.07) is 8.97. The number of terminal acetylenes is 1. The van der Waals surface area contributed by atoms with Crippen molar-refractivity contribution >= 4 is 15.9 Å². The minimum absolute atomic E-state index is 0.153. The zero-order chi connectivity index (χ0) is 12.8. The summed E-state index contributed by atoms with van der Waals surface area (Å²) < 4.78 is 1.12. The highest BCUT2D eigenvalue weighted by molar-refractivity contribution is 9.10. The molecule has 0 fully saturated rings. The average molecular weight is 294 g/mol. The van der Waals surface area contributed by atoms with Gasteiger partial charge in [-0.05, 0) is 37.0 Å². The number of nitrogens with one attached hydrogen (secondary N) is 1. The summed E-state index contributed by atoms with van der Waals surface area (Å²) in [7, 11) is 0. The van der Waals surface area contributed by atoms with Crippen molar-refractivity contribution in [1.29, 1.82) is 0 Å². The fraction of sp³-hybridized carbons (Fsp3) is 0.467. The summed E-state index contributed by atoms with van der Waals surface area (Å²) in [6.07, 6.45) is 6.51. The van der Waals surface area contributed by atoms with Gasteiger partial charge in [-0.1, -0.05) is 47.8 Å². The predicted octanol–water partition coefficient (Wildman–Crippen LogP) is 3.63. The van der Waals surface area contributed by atoms with Gasteiger partial charge >= 0.3 is 0 Å². The van der Waals surface area contributed by atoms with Crippen molar-refractivity contribution in [3.05, 3.63) is 34.3 Å². The second-order valence-electron chi connectivity index (χ2n) is 4.79. The van der Waals surface area contributed by atoms with Gasteiger partial charge in [0.1, 0.15) is 0 Å². The Morgan fingerprint density at radius 3 is 2.29 bits per heavy atom. The normalized spacial score (nSPS) is 14.4. The summed E-state index contributed by atoms with van der Waals surface area (Å²) in [4.78, 5) is 0. The molecule has 0 amide bonds. The highest BCUT2D eigenvalue weighted by Gasteiger charge is 2.13. The van der Waals surface area contributed by atoms with Gasteiger partial charge in [0.15, 0.2) is 0 Å². The molecule has 0 aromatic heterocycles. The quantitative estimate of drug-likeness (QED) is 0.818. The van der Waals surface area contributed by atoms with Gasteiger partial charge in [0.25, 0.3) is 0 Å². The van der Waals surface area contributed by atoms with E-state index in [2.05, 4.69) is 72.2 Å². The topological polar surface area (TPSA) is 12.0 Å². The molecule has 0 saturated heterocycles. The van der Waals surface area contributed by atoms with Crippen molar-refractivity contribution < 1.29 is 0 Å². The third-order valence-electron chi connectivity index (χ3n) is 2.77. The lowest BCUT2D eigenvalue weighted by molar-refractivity contribution is 0.422. The molecule has 0 aliphatic carbocycles. The molecule has 1 rings (SSSR count). The third-order valence-corrected chi connectivity index (χ3v) is 3.29. The highest BCUT2D eigenvalue weighted by atomic mass is 79.9. The van der Waals surface area contributed by atoms with E-state index in [-0.39, 0.29) is 6.04 Å². The van der Waals surface area contributed by atoms with Crippen LogP contribution in [0, 0.1) is 18.3 Å². The lowest BCUT2D eigenvalue weighted by Gasteiger charge is -2.22. The van der Waals surface area contributed by atoms with Crippen molar-refractivity contribution in [2.45, 2.75) is 39.3 Å². The van der Waals surface area contributed by atoms with E-state index >= 15 is 0 Å². The molecule has 0 radical (unpaired) electrons. The van der Waals surface area contributed by atoms with Gasteiger partial charge in [0.2, 0.25) is 0 Å². The SMILES string of the molecule is C#CC(NC(C)Cc1ccc(Br)cc1)C(C)C. The molecule has 92 valence electrons. The van der Waals surface area contributed by atoms with Crippen LogP contribution in [0.1, 0.15) is 26.3 Å². The molecular weight excluding hydrogens is 274 g/mol. The summed E-state index contributed by atoms with van der Waals surface area (Å²) in [5.74, 6) is 3.27. The molecule has 1 nitrogen and oxygen atoms in total. The van der Waals surface area contributed by atoms with Crippen LogP contribution in [0.5, 0.6) is 0 Å². The molecule has 17 heavy (non-hydrogen) atoms. The van der Waals surface area contributed by atoms with Gasteiger partial charge in [-0.3, -0.25) is 0 Å². The molecular formula is C15H20BrN. The lowest BCUT2D eigenvalue weighted by atomic mass is 10.0. The summed E-state index contributed by atoms with van der Waals surface area (Å²) in [6.45, 7) is 6.46. The van der Waals surface area contributed by atoms with Gasteiger partial charge < -0.3 is 5.32 Å². The Balaban J connectivity index is 2.52. The molecule has 2 heteroatoms. The van der Waals surface area contributed by atoms with Crippen LogP contribution in [0.15, 0.2) is 28.7 Å². The molecule has 1 aromatic carbocycles. The molecule has 0 spiro atoms. The van der Waals surface area contributed by atoms with Crippen LogP contribution in [0.4, 0.5) is 0 Å². The molecule has 2 unspecified atom stereocenters. The van der Waals surface area contributed by atoms with Crippen molar-refractivity contribution in [2.75, 3.05) is 0 Å². The molecule has 2 atom stereocenters. The number of rotatable bonds is 5. The van der Waals surface area contributed by atoms with Gasteiger partial charge in [0, 0.05) is 10.5 Å². The minimum atomic E-state index is 0.153. The van der Waals surface area contributed by atoms with E-state index < -0.39 is 0 Å². The van der Waals surface area contributed by atoms with Crippen molar-refractivity contribution in [3.8, 4) is 12.3 Å². The maximum Gasteiger partial charge on any atom is 0.0712 e. The van der Waals surface area contributed by atoms with Crippen molar-refractivity contribution in [1.82, 2.24) is 5.32 Å². The van der Waals surface area contributed by atoms with E-state index in [1.807, 2.05) is 0 Å². The first-order chi connectivity index (χ1) is 8.02. The van der Waals surface area contributed by atoms with Gasteiger partial charge in [-0.25, -0.2) is 0 Å². The first-order valence-electron chi connectivity index (χ1n) is 5.99. The zero-order valence-electron chi connectivity index (χ0n) is 10.7. The van der Waals surface area contributed by atoms with Crippen molar-refractivity contribution in [3.63, 3.8) is 0 Å². The van der Waals surface area contributed by atoms with E-state index in [1.54, 1.807) is 0 Å². The number of hydrogen-bond donors (Lipinski definition) is 1. The largest absolute Gasteiger partial charge is 0.301 e. The summed E-state index contributed by atoms with van der Waals surface area (Å²) in [5, 5.41) is 3.48. The smallest absolute Gasteiger partial charge is 0.0712 e. The Labute approximate surface area is 113 Å². The van der Waals surface area contributed by atoms with E-state index in [0.29, 0.717) is 12.0 Å². The third kappa shape index (κ3) is 4.93. The van der Waals surface area contributed by atoms with Crippen LogP contribution >= 0.6 is 15.9 Å². The van der Waals surface area contributed by atoms with E-state index in [1.165, 1.54) is 5.56 Å². The van der Waals surface area contributed by atoms with Crippen LogP contribution in [-0.2, 0) is 6.42 Å². The van der Waals surface area contributed by atoms with Crippen LogP contribution in [-0.4, -0.2) is 12.1 Å². The van der Waals surface area contributed by atoms with Crippen LogP contribution in [0.3, 0.4) is 0 Å². The average Bonchev–Trinajstić information content (AvgIpc) is 2.28. The molecule has 0 heterocycles. The fourth-order valence-electron chi connectivity index (χ4n) is 1.77. The Hall–Kier alpha value is -0.780. The zero-order valence-corrected chi connectivity index (χ0v) is 12.3. The molecule has 0 aliphatic heterocycles. The first kappa shape index (κ1) is 14.3. The second-order valence-corrected chi connectivity index (χ2v) is 5.70. The van der Waals surface area contributed by atoms with Gasteiger partial charge in [0.05, 0.1) is 6.04 Å². The Kier molecular flexibility index (Phi) is 5.74. The van der Waals surface area contributed by atoms with Gasteiger partial charge in [-0.15, -0.1) is 6.42 Å². The predicted molar refractivity (Wildman–Crippen MR) is 77.9 cm³/mol. The maximum absolute atomic E-state index is 5.52. The van der Waals surface area contributed by atoms with E-state index in [9.17, 15) is 0 Å².